The summed E-state index contributed by atoms with van der Waals surface area (Å²) in [6.07, 6.45) is -2.50. The fraction of sp³-hybridized carbons (Fsp3) is 0.733. The Bertz CT molecular complexity index is 1030. The van der Waals surface area contributed by atoms with E-state index in [1.165, 1.54) is 6.07 Å². The summed E-state index contributed by atoms with van der Waals surface area (Å²) in [4.78, 5) is 28.5. The Morgan fingerprint density at radius 1 is 0.875 bits per heavy atom. The van der Waals surface area contributed by atoms with E-state index in [1.807, 2.05) is 48.5 Å². The predicted octanol–water partition coefficient (Wildman–Crippen LogP) is 6.57. The molecule has 7 nitrogen and oxygen atoms in total. The summed E-state index contributed by atoms with van der Waals surface area (Å²) in [6, 6.07) is 4.12. The van der Waals surface area contributed by atoms with Gasteiger partial charge in [-0.15, -0.1) is 0 Å². The Morgan fingerprint density at radius 3 is 1.95 bits per heavy atom. The highest BCUT2D eigenvalue weighted by atomic mass is 19.4. The molecule has 1 aromatic rings. The highest BCUT2D eigenvalue weighted by Gasteiger charge is 2.36. The lowest BCUT2D eigenvalue weighted by Gasteiger charge is -2.39. The van der Waals surface area contributed by atoms with Crippen molar-refractivity contribution in [3.8, 4) is 0 Å². The van der Waals surface area contributed by atoms with Gasteiger partial charge in [0.2, 0.25) is 0 Å². The van der Waals surface area contributed by atoms with Gasteiger partial charge in [0, 0.05) is 19.6 Å². The van der Waals surface area contributed by atoms with Crippen LogP contribution in [0, 0.1) is 5.92 Å². The lowest BCUT2D eigenvalue weighted by Crippen LogP contribution is -2.47. The molecule has 10 heteroatoms. The van der Waals surface area contributed by atoms with Crippen LogP contribution in [0.25, 0.3) is 0 Å². The summed E-state index contributed by atoms with van der Waals surface area (Å²) >= 11 is 0. The number of alkyl halides is 3. The normalized spacial score (nSPS) is 19.4. The highest BCUT2D eigenvalue weighted by Crippen LogP contribution is 2.33. The predicted molar refractivity (Wildman–Crippen MR) is 146 cm³/mol. The van der Waals surface area contributed by atoms with Crippen LogP contribution in [0.5, 0.6) is 0 Å². The van der Waals surface area contributed by atoms with E-state index in [1.54, 1.807) is 11.0 Å². The van der Waals surface area contributed by atoms with Crippen molar-refractivity contribution in [1.29, 1.82) is 0 Å². The molecule has 0 unspecified atom stereocenters. The molecule has 40 heavy (non-hydrogen) atoms. The summed E-state index contributed by atoms with van der Waals surface area (Å²) in [6.45, 7) is 15.4. The van der Waals surface area contributed by atoms with Crippen molar-refractivity contribution in [3.63, 3.8) is 0 Å². The molecule has 3 rings (SSSR count). The summed E-state index contributed by atoms with van der Waals surface area (Å²) in [7, 11) is 0. The zero-order valence-corrected chi connectivity index (χ0v) is 25.0. The zero-order chi connectivity index (χ0) is 29.9. The second kappa shape index (κ2) is 12.3. The summed E-state index contributed by atoms with van der Waals surface area (Å²) < 4.78 is 58.4. The van der Waals surface area contributed by atoms with E-state index in [0.29, 0.717) is 69.5 Å². The van der Waals surface area contributed by atoms with Crippen LogP contribution in [-0.2, 0) is 38.3 Å². The molecule has 2 fully saturated rings. The largest absolute Gasteiger partial charge is 0.460 e. The first-order valence-corrected chi connectivity index (χ1v) is 14.1. The number of halogens is 3. The SMILES string of the molecule is CC(C)(C)OC(=O)C1CCN(Cc2cc(COC3(C)CCN(C(=O)OC(C)(C)C)CC3)cc(C(F)(F)F)c2)CC1. The average molecular weight is 571 g/mol. The van der Waals surface area contributed by atoms with Gasteiger partial charge in [-0.25, -0.2) is 4.79 Å². The van der Waals surface area contributed by atoms with Crippen LogP contribution < -0.4 is 0 Å². The minimum absolute atomic E-state index is 0.0422. The molecule has 226 valence electrons. The maximum Gasteiger partial charge on any atom is 0.416 e. The lowest BCUT2D eigenvalue weighted by atomic mass is 9.93. The van der Waals surface area contributed by atoms with Gasteiger partial charge in [0.25, 0.3) is 0 Å². The van der Waals surface area contributed by atoms with E-state index in [-0.39, 0.29) is 24.6 Å². The molecule has 0 N–H and O–H groups in total. The zero-order valence-electron chi connectivity index (χ0n) is 25.0. The molecule has 0 aromatic heterocycles. The van der Waals surface area contributed by atoms with Gasteiger partial charge in [0.05, 0.1) is 23.7 Å². The molecule has 0 radical (unpaired) electrons. The third-order valence-electron chi connectivity index (χ3n) is 7.17. The standard InChI is InChI=1S/C30H45F3N2O5/c1-27(2,3)39-25(36)23-8-12-34(13-9-23)19-21-16-22(18-24(17-21)30(31,32)33)20-38-29(7)10-14-35(15-11-29)26(37)40-28(4,5)6/h16-18,23H,8-15,19-20H2,1-7H3. The van der Waals surface area contributed by atoms with Gasteiger partial charge in [0.15, 0.2) is 0 Å². The molecule has 0 bridgehead atoms. The van der Waals surface area contributed by atoms with Gasteiger partial charge in [-0.2, -0.15) is 13.2 Å². The van der Waals surface area contributed by atoms with E-state index >= 15 is 0 Å². The quantitative estimate of drug-likeness (QED) is 0.361. The van der Waals surface area contributed by atoms with E-state index < -0.39 is 28.5 Å². The van der Waals surface area contributed by atoms with E-state index in [9.17, 15) is 22.8 Å². The van der Waals surface area contributed by atoms with Gasteiger partial charge in [-0.05, 0) is 110 Å². The number of carbonyl (C=O) groups excluding carboxylic acids is 2. The number of piperidine rings is 2. The Morgan fingerprint density at radius 2 is 1.43 bits per heavy atom. The van der Waals surface area contributed by atoms with E-state index in [0.717, 1.165) is 6.07 Å². The van der Waals surface area contributed by atoms with Gasteiger partial charge in [-0.1, -0.05) is 6.07 Å². The maximum atomic E-state index is 13.8. The summed E-state index contributed by atoms with van der Waals surface area (Å²) in [5, 5.41) is 0. The number of likely N-dealkylation sites (tertiary alicyclic amines) is 2. The van der Waals surface area contributed by atoms with E-state index in [4.69, 9.17) is 14.2 Å². The fourth-order valence-corrected chi connectivity index (χ4v) is 4.96. The molecule has 1 aromatic carbocycles. The smallest absolute Gasteiger partial charge is 0.416 e. The maximum absolute atomic E-state index is 13.8. The highest BCUT2D eigenvalue weighted by molar-refractivity contribution is 5.73. The third kappa shape index (κ3) is 9.94. The van der Waals surface area contributed by atoms with Crippen LogP contribution >= 0.6 is 0 Å². The average Bonchev–Trinajstić information content (AvgIpc) is 2.81. The van der Waals surface area contributed by atoms with Crippen molar-refractivity contribution in [3.05, 3.63) is 34.9 Å². The van der Waals surface area contributed by atoms with Crippen LogP contribution in [0.2, 0.25) is 0 Å². The van der Waals surface area contributed by atoms with Crippen LogP contribution in [0.15, 0.2) is 18.2 Å². The number of amides is 1. The number of nitrogens with zero attached hydrogens (tertiary/aromatic N) is 2. The van der Waals surface area contributed by atoms with E-state index in [2.05, 4.69) is 4.90 Å². The summed E-state index contributed by atoms with van der Waals surface area (Å²) in [5.74, 6) is -0.403. The third-order valence-corrected chi connectivity index (χ3v) is 7.17. The second-order valence-electron chi connectivity index (χ2n) is 13.3. The van der Waals surface area contributed by atoms with Crippen molar-refractivity contribution in [2.24, 2.45) is 5.92 Å². The molecule has 0 saturated carbocycles. The molecule has 2 heterocycles. The molecule has 0 aliphatic carbocycles. The first-order chi connectivity index (χ1) is 18.3. The minimum Gasteiger partial charge on any atom is -0.460 e. The number of carbonyl (C=O) groups is 2. The molecular weight excluding hydrogens is 525 g/mol. The molecule has 0 atom stereocenters. The first kappa shape index (κ1) is 32.2. The second-order valence-corrected chi connectivity index (χ2v) is 13.3. The number of benzene rings is 1. The van der Waals surface area contributed by atoms with Gasteiger partial charge < -0.3 is 19.1 Å². The lowest BCUT2D eigenvalue weighted by molar-refractivity contribution is -0.161. The minimum atomic E-state index is -4.48. The molecular formula is C30H45F3N2O5. The number of rotatable bonds is 6. The monoisotopic (exact) mass is 570 g/mol. The van der Waals surface area contributed by atoms with Crippen LogP contribution in [0.1, 0.15) is 90.8 Å². The number of hydrogen-bond acceptors (Lipinski definition) is 6. The van der Waals surface area contributed by atoms with Crippen molar-refractivity contribution in [1.82, 2.24) is 9.80 Å². The van der Waals surface area contributed by atoms with Crippen LogP contribution in [0.4, 0.5) is 18.0 Å². The number of esters is 1. The topological polar surface area (TPSA) is 68.3 Å². The van der Waals surface area contributed by atoms with Crippen LogP contribution in [-0.4, -0.2) is 64.8 Å². The van der Waals surface area contributed by atoms with Crippen molar-refractivity contribution in [2.45, 2.75) is 110 Å². The van der Waals surface area contributed by atoms with Crippen LogP contribution in [0.3, 0.4) is 0 Å². The molecule has 1 amide bonds. The Kier molecular flexibility index (Phi) is 9.87. The van der Waals surface area contributed by atoms with Crippen molar-refractivity contribution in [2.75, 3.05) is 26.2 Å². The molecule has 0 spiro atoms. The number of hydrogen-bond donors (Lipinski definition) is 0. The van der Waals surface area contributed by atoms with Crippen molar-refractivity contribution < 1.29 is 37.0 Å². The Labute approximate surface area is 236 Å². The molecule has 2 aliphatic rings. The van der Waals surface area contributed by atoms with Crippen molar-refractivity contribution >= 4 is 12.1 Å². The molecule has 2 saturated heterocycles. The summed E-state index contributed by atoms with van der Waals surface area (Å²) in [5.41, 5.74) is -1.35. The first-order valence-electron chi connectivity index (χ1n) is 14.1. The Hall–Kier alpha value is -2.33. The van der Waals surface area contributed by atoms with Gasteiger partial charge >= 0.3 is 18.2 Å². The number of ether oxygens (including phenoxy) is 3. The Balaban J connectivity index is 1.60. The van der Waals surface area contributed by atoms with Gasteiger partial charge in [-0.3, -0.25) is 9.69 Å². The fourth-order valence-electron chi connectivity index (χ4n) is 4.96. The van der Waals surface area contributed by atoms with Gasteiger partial charge in [0.1, 0.15) is 11.2 Å². The molecule has 2 aliphatic heterocycles.